The molecule has 2 aliphatic carbocycles. The highest BCUT2D eigenvalue weighted by Gasteiger charge is 2.31. The van der Waals surface area contributed by atoms with Gasteiger partial charge in [-0.05, 0) is 47.9 Å². The van der Waals surface area contributed by atoms with Crippen LogP contribution in [0.2, 0.25) is 0 Å². The van der Waals surface area contributed by atoms with Crippen LogP contribution in [0.5, 0.6) is 0 Å². The number of hydrogen-bond acceptors (Lipinski definition) is 4. The van der Waals surface area contributed by atoms with Crippen LogP contribution in [0.4, 0.5) is 4.79 Å². The van der Waals surface area contributed by atoms with E-state index in [-0.39, 0.29) is 36.9 Å². The summed E-state index contributed by atoms with van der Waals surface area (Å²) in [4.78, 5) is 36.0. The predicted molar refractivity (Wildman–Crippen MR) is 124 cm³/mol. The third kappa shape index (κ3) is 5.18. The van der Waals surface area contributed by atoms with E-state index in [1.807, 2.05) is 31.2 Å². The van der Waals surface area contributed by atoms with Gasteiger partial charge < -0.3 is 20.5 Å². The number of hydrogen-bond donors (Lipinski definition) is 3. The van der Waals surface area contributed by atoms with E-state index < -0.39 is 18.0 Å². The lowest BCUT2D eigenvalue weighted by atomic mass is 9.98. The van der Waals surface area contributed by atoms with Crippen LogP contribution < -0.4 is 10.6 Å². The lowest BCUT2D eigenvalue weighted by molar-refractivity contribution is -0.141. The van der Waals surface area contributed by atoms with E-state index in [9.17, 15) is 14.4 Å². The van der Waals surface area contributed by atoms with Gasteiger partial charge in [0, 0.05) is 24.4 Å². The highest BCUT2D eigenvalue weighted by Crippen LogP contribution is 2.44. The number of nitrogens with one attached hydrogen (secondary N) is 2. The Bertz CT molecular complexity index is 991. The Morgan fingerprint density at radius 1 is 1.03 bits per heavy atom. The van der Waals surface area contributed by atoms with Crippen molar-refractivity contribution < 1.29 is 24.2 Å². The van der Waals surface area contributed by atoms with Gasteiger partial charge in [-0.2, -0.15) is 0 Å². The highest BCUT2D eigenvalue weighted by atomic mass is 16.5. The second kappa shape index (κ2) is 10.1. The second-order valence-electron chi connectivity index (χ2n) is 8.89. The van der Waals surface area contributed by atoms with Crippen LogP contribution in [0.3, 0.4) is 0 Å². The highest BCUT2D eigenvalue weighted by molar-refractivity contribution is 5.80. The van der Waals surface area contributed by atoms with Crippen LogP contribution in [-0.2, 0) is 14.3 Å². The summed E-state index contributed by atoms with van der Waals surface area (Å²) >= 11 is 0. The number of ether oxygens (including phenoxy) is 1. The number of carboxylic acids is 1. The number of alkyl carbamates (subject to hydrolysis) is 1. The van der Waals surface area contributed by atoms with Gasteiger partial charge in [0.15, 0.2) is 0 Å². The van der Waals surface area contributed by atoms with Crippen molar-refractivity contribution >= 4 is 18.0 Å². The monoisotopic (exact) mass is 450 g/mol. The zero-order chi connectivity index (χ0) is 23.4. The van der Waals surface area contributed by atoms with E-state index >= 15 is 0 Å². The van der Waals surface area contributed by atoms with Gasteiger partial charge in [0.05, 0.1) is 5.92 Å². The Morgan fingerprint density at radius 2 is 1.67 bits per heavy atom. The summed E-state index contributed by atoms with van der Waals surface area (Å²) < 4.78 is 5.58. The number of carbonyl (C=O) groups excluding carboxylic acids is 2. The first-order chi connectivity index (χ1) is 16.0. The number of benzene rings is 2. The molecule has 3 atom stereocenters. The van der Waals surface area contributed by atoms with Gasteiger partial charge in [-0.15, -0.1) is 0 Å². The molecular formula is C26H30N2O5. The van der Waals surface area contributed by atoms with Gasteiger partial charge >= 0.3 is 12.1 Å². The van der Waals surface area contributed by atoms with Crippen LogP contribution in [0.1, 0.15) is 56.1 Å². The van der Waals surface area contributed by atoms with Gasteiger partial charge in [-0.25, -0.2) is 4.79 Å². The molecule has 0 radical (unpaired) electrons. The van der Waals surface area contributed by atoms with Crippen LogP contribution in [-0.4, -0.2) is 41.8 Å². The molecule has 174 valence electrons. The van der Waals surface area contributed by atoms with Crippen molar-refractivity contribution in [3.63, 3.8) is 0 Å². The number of fused-ring (bicyclic) bond motifs is 3. The Balaban J connectivity index is 1.28. The molecule has 2 aromatic rings. The van der Waals surface area contributed by atoms with Crippen molar-refractivity contribution in [3.05, 3.63) is 59.7 Å². The summed E-state index contributed by atoms with van der Waals surface area (Å²) in [5.41, 5.74) is 4.63. The SMILES string of the molecule is CCC(CC(=O)N[C@@H]1CC[C@H](C(=O)O)C1)NC(=O)OCC1c2ccccc2-c2ccccc21. The molecule has 7 nitrogen and oxygen atoms in total. The molecule has 0 heterocycles. The van der Waals surface area contributed by atoms with E-state index in [1.54, 1.807) is 0 Å². The largest absolute Gasteiger partial charge is 0.481 e. The quantitative estimate of drug-likeness (QED) is 0.563. The maximum absolute atomic E-state index is 12.5. The fourth-order valence-electron chi connectivity index (χ4n) is 4.95. The standard InChI is InChI=1S/C26H30N2O5/c1-2-17(14-24(29)27-18-12-11-16(13-18)25(30)31)28-26(32)33-15-23-21-9-5-3-7-19(21)20-8-4-6-10-22(20)23/h3-10,16-18,23H,2,11-15H2,1H3,(H,27,29)(H,28,32)(H,30,31)/t16-,17?,18+/m0/s1. The van der Waals surface area contributed by atoms with Crippen LogP contribution in [0.15, 0.2) is 48.5 Å². The number of carboxylic acid groups (broad SMARTS) is 1. The predicted octanol–water partition coefficient (Wildman–Crippen LogP) is 4.06. The summed E-state index contributed by atoms with van der Waals surface area (Å²) in [5, 5.41) is 14.8. The third-order valence-corrected chi connectivity index (χ3v) is 6.74. The van der Waals surface area contributed by atoms with Gasteiger partial charge in [-0.3, -0.25) is 9.59 Å². The molecule has 1 unspecified atom stereocenters. The van der Waals surface area contributed by atoms with Crippen molar-refractivity contribution in [2.75, 3.05) is 6.61 Å². The molecule has 0 aromatic heterocycles. The molecule has 7 heteroatoms. The number of aliphatic carboxylic acids is 1. The van der Waals surface area contributed by atoms with Crippen molar-refractivity contribution in [2.24, 2.45) is 5.92 Å². The van der Waals surface area contributed by atoms with E-state index in [2.05, 4.69) is 34.9 Å². The van der Waals surface area contributed by atoms with E-state index in [0.29, 0.717) is 25.7 Å². The normalized spacial score (nSPS) is 19.9. The molecule has 0 bridgehead atoms. The summed E-state index contributed by atoms with van der Waals surface area (Å²) in [6.45, 7) is 2.12. The van der Waals surface area contributed by atoms with Gasteiger partial charge in [0.1, 0.15) is 6.61 Å². The van der Waals surface area contributed by atoms with Gasteiger partial charge in [0.2, 0.25) is 5.91 Å². The summed E-state index contributed by atoms with van der Waals surface area (Å²) in [5.74, 6) is -1.40. The van der Waals surface area contributed by atoms with Gasteiger partial charge in [-0.1, -0.05) is 55.5 Å². The fraction of sp³-hybridized carbons (Fsp3) is 0.423. The van der Waals surface area contributed by atoms with Crippen molar-refractivity contribution in [2.45, 2.75) is 57.0 Å². The lowest BCUT2D eigenvalue weighted by Crippen LogP contribution is -2.41. The molecule has 0 saturated heterocycles. The first-order valence-electron chi connectivity index (χ1n) is 11.6. The number of rotatable bonds is 8. The number of amides is 2. The minimum atomic E-state index is -0.810. The van der Waals surface area contributed by atoms with Crippen molar-refractivity contribution in [1.29, 1.82) is 0 Å². The summed E-state index contributed by atoms with van der Waals surface area (Å²) in [7, 11) is 0. The Kier molecular flexibility index (Phi) is 6.96. The molecular weight excluding hydrogens is 420 g/mol. The smallest absolute Gasteiger partial charge is 0.407 e. The molecule has 3 N–H and O–H groups in total. The Hall–Kier alpha value is -3.35. The van der Waals surface area contributed by atoms with Crippen LogP contribution >= 0.6 is 0 Å². The molecule has 0 aliphatic heterocycles. The first-order valence-corrected chi connectivity index (χ1v) is 11.6. The first kappa shape index (κ1) is 22.8. The molecule has 2 aromatic carbocycles. The van der Waals surface area contributed by atoms with Crippen LogP contribution in [0, 0.1) is 5.92 Å². The van der Waals surface area contributed by atoms with Crippen molar-refractivity contribution in [1.82, 2.24) is 10.6 Å². The molecule has 1 fully saturated rings. The third-order valence-electron chi connectivity index (χ3n) is 6.74. The molecule has 2 aliphatic rings. The van der Waals surface area contributed by atoms with E-state index in [1.165, 1.54) is 11.1 Å². The average molecular weight is 451 g/mol. The Morgan fingerprint density at radius 3 is 2.24 bits per heavy atom. The van der Waals surface area contributed by atoms with Crippen LogP contribution in [0.25, 0.3) is 11.1 Å². The van der Waals surface area contributed by atoms with E-state index in [0.717, 1.165) is 11.1 Å². The fourth-order valence-corrected chi connectivity index (χ4v) is 4.95. The maximum atomic E-state index is 12.5. The molecule has 33 heavy (non-hydrogen) atoms. The molecule has 0 spiro atoms. The molecule has 4 rings (SSSR count). The zero-order valence-corrected chi connectivity index (χ0v) is 18.8. The van der Waals surface area contributed by atoms with Crippen molar-refractivity contribution in [3.8, 4) is 11.1 Å². The second-order valence-corrected chi connectivity index (χ2v) is 8.89. The lowest BCUT2D eigenvalue weighted by Gasteiger charge is -2.20. The minimum Gasteiger partial charge on any atom is -0.481 e. The molecule has 2 amide bonds. The van der Waals surface area contributed by atoms with Gasteiger partial charge in [0.25, 0.3) is 0 Å². The number of carbonyl (C=O) groups is 3. The molecule has 1 saturated carbocycles. The summed E-state index contributed by atoms with van der Waals surface area (Å²) in [6, 6.07) is 15.8. The minimum absolute atomic E-state index is 0.0175. The summed E-state index contributed by atoms with van der Waals surface area (Å²) in [6.07, 6.45) is 1.88. The topological polar surface area (TPSA) is 105 Å². The average Bonchev–Trinajstić information content (AvgIpc) is 3.40. The zero-order valence-electron chi connectivity index (χ0n) is 18.8. The maximum Gasteiger partial charge on any atom is 0.407 e. The van der Waals surface area contributed by atoms with E-state index in [4.69, 9.17) is 9.84 Å². The Labute approximate surface area is 193 Å².